The van der Waals surface area contributed by atoms with Gasteiger partial charge in [-0.05, 0) is 43.4 Å². The number of amides is 1. The Hall–Kier alpha value is -1.98. The molecule has 5 heteroatoms. The van der Waals surface area contributed by atoms with Gasteiger partial charge in [-0.25, -0.2) is 0 Å². The number of thioether (sulfide) groups is 1. The number of nitrogens with zero attached hydrogens (tertiary/aromatic N) is 1. The first-order valence-electron chi connectivity index (χ1n) is 7.97. The highest BCUT2D eigenvalue weighted by molar-refractivity contribution is 7.99. The maximum atomic E-state index is 11.6. The molecule has 3 rings (SSSR count). The van der Waals surface area contributed by atoms with Crippen molar-refractivity contribution in [2.24, 2.45) is 5.73 Å². The number of carbonyl (C=O) groups is 1. The summed E-state index contributed by atoms with van der Waals surface area (Å²) in [6, 6.07) is 13.8. The summed E-state index contributed by atoms with van der Waals surface area (Å²) in [5.74, 6) is 1.41. The number of fused-ring (bicyclic) bond motifs is 2. The molecule has 1 heterocycles. The number of hydrogen-bond donors (Lipinski definition) is 1. The molecule has 1 unspecified atom stereocenters. The number of rotatable bonds is 5. The number of benzene rings is 2. The molecule has 1 aliphatic rings. The summed E-state index contributed by atoms with van der Waals surface area (Å²) >= 11 is 1.87. The first kappa shape index (κ1) is 16.9. The topological polar surface area (TPSA) is 55.6 Å². The Bertz CT molecular complexity index is 746. The number of primary amides is 1. The van der Waals surface area contributed by atoms with E-state index in [0.717, 1.165) is 23.6 Å². The van der Waals surface area contributed by atoms with Crippen LogP contribution in [-0.4, -0.2) is 37.2 Å². The van der Waals surface area contributed by atoms with Gasteiger partial charge in [-0.15, -0.1) is 11.8 Å². The van der Waals surface area contributed by atoms with Gasteiger partial charge in [-0.2, -0.15) is 0 Å². The highest BCUT2D eigenvalue weighted by Gasteiger charge is 2.25. The Kier molecular flexibility index (Phi) is 5.11. The Balaban J connectivity index is 2.02. The van der Waals surface area contributed by atoms with Crippen LogP contribution in [0.4, 0.5) is 0 Å². The molecule has 0 saturated carbocycles. The van der Waals surface area contributed by atoms with Crippen LogP contribution in [0.25, 0.3) is 0 Å². The molecule has 2 aromatic carbocycles. The lowest BCUT2D eigenvalue weighted by molar-refractivity contribution is 0.1000. The largest absolute Gasteiger partial charge is 0.489 e. The molecule has 2 N–H and O–H groups in total. The Morgan fingerprint density at radius 2 is 2.04 bits per heavy atom. The molecular weight excluding hydrogens is 320 g/mol. The predicted octanol–water partition coefficient (Wildman–Crippen LogP) is 3.06. The zero-order valence-electron chi connectivity index (χ0n) is 14.0. The van der Waals surface area contributed by atoms with Gasteiger partial charge in [0.05, 0.1) is 5.25 Å². The van der Waals surface area contributed by atoms with E-state index in [9.17, 15) is 4.79 Å². The molecule has 0 spiro atoms. The second-order valence-corrected chi connectivity index (χ2v) is 7.37. The molecule has 0 saturated heterocycles. The first-order chi connectivity index (χ1) is 11.6. The van der Waals surface area contributed by atoms with E-state index in [1.54, 1.807) is 6.07 Å². The molecule has 1 amide bonds. The van der Waals surface area contributed by atoms with Crippen molar-refractivity contribution >= 4 is 17.7 Å². The van der Waals surface area contributed by atoms with Gasteiger partial charge in [0.25, 0.3) is 0 Å². The van der Waals surface area contributed by atoms with Gasteiger partial charge in [0.2, 0.25) is 5.91 Å². The number of carbonyl (C=O) groups excluding carboxylic acids is 1. The molecular formula is C19H22N2O2S. The fourth-order valence-electron chi connectivity index (χ4n) is 2.82. The first-order valence-corrected chi connectivity index (χ1v) is 9.02. The number of nitrogens with two attached hydrogens (primary N) is 1. The van der Waals surface area contributed by atoms with Crippen LogP contribution in [0.5, 0.6) is 5.75 Å². The number of ether oxygens (including phenoxy) is 1. The summed E-state index contributed by atoms with van der Waals surface area (Å²) in [6.45, 7) is 1.54. The normalized spacial score (nSPS) is 16.0. The minimum Gasteiger partial charge on any atom is -0.489 e. The van der Waals surface area contributed by atoms with Gasteiger partial charge in [0.1, 0.15) is 12.4 Å². The molecule has 1 aliphatic heterocycles. The summed E-state index contributed by atoms with van der Waals surface area (Å²) in [5, 5.41) is 0.137. The minimum absolute atomic E-state index is 0.137. The third-order valence-electron chi connectivity index (χ3n) is 4.12. The van der Waals surface area contributed by atoms with E-state index in [-0.39, 0.29) is 5.25 Å². The van der Waals surface area contributed by atoms with Gasteiger partial charge < -0.3 is 15.4 Å². The minimum atomic E-state index is -0.410. The van der Waals surface area contributed by atoms with Crippen LogP contribution in [0, 0.1) is 0 Å². The Labute approximate surface area is 147 Å². The Morgan fingerprint density at radius 3 is 2.79 bits per heavy atom. The highest BCUT2D eigenvalue weighted by atomic mass is 32.2. The molecule has 0 radical (unpaired) electrons. The van der Waals surface area contributed by atoms with E-state index in [1.165, 1.54) is 11.1 Å². The fraction of sp³-hybridized carbons (Fsp3) is 0.316. The summed E-state index contributed by atoms with van der Waals surface area (Å²) in [6.07, 6.45) is 0. The van der Waals surface area contributed by atoms with Crippen LogP contribution in [0.15, 0.2) is 42.5 Å². The quantitative estimate of drug-likeness (QED) is 0.907. The standard InChI is InChI=1S/C19H22N2O2S/c1-21(2)9-10-24-18-15-6-4-3-5-14(15)12-23-17-8-7-13(19(20)22)11-16(17)18/h3-8,11,18H,9-10,12H2,1-2H3,(H2,20,22). The van der Waals surface area contributed by atoms with Crippen molar-refractivity contribution in [3.63, 3.8) is 0 Å². The van der Waals surface area contributed by atoms with Crippen LogP contribution < -0.4 is 10.5 Å². The average molecular weight is 342 g/mol. The zero-order chi connectivity index (χ0) is 17.1. The van der Waals surface area contributed by atoms with E-state index in [4.69, 9.17) is 10.5 Å². The lowest BCUT2D eigenvalue weighted by atomic mass is 9.98. The molecule has 0 bridgehead atoms. The van der Waals surface area contributed by atoms with Gasteiger partial charge in [-0.3, -0.25) is 4.79 Å². The van der Waals surface area contributed by atoms with Crippen molar-refractivity contribution in [2.75, 3.05) is 26.4 Å². The molecule has 0 fully saturated rings. The van der Waals surface area contributed by atoms with Crippen molar-refractivity contribution in [1.29, 1.82) is 0 Å². The number of hydrogen-bond acceptors (Lipinski definition) is 4. The van der Waals surface area contributed by atoms with E-state index < -0.39 is 5.91 Å². The van der Waals surface area contributed by atoms with Gasteiger partial charge in [-0.1, -0.05) is 24.3 Å². The highest BCUT2D eigenvalue weighted by Crippen LogP contribution is 2.44. The predicted molar refractivity (Wildman–Crippen MR) is 98.6 cm³/mol. The molecule has 0 aliphatic carbocycles. The third-order valence-corrected chi connectivity index (χ3v) is 5.38. The second kappa shape index (κ2) is 7.28. The lowest BCUT2D eigenvalue weighted by Crippen LogP contribution is -2.16. The molecule has 4 nitrogen and oxygen atoms in total. The van der Waals surface area contributed by atoms with Crippen LogP contribution in [0.1, 0.15) is 32.3 Å². The van der Waals surface area contributed by atoms with E-state index in [0.29, 0.717) is 12.2 Å². The Morgan fingerprint density at radius 1 is 1.25 bits per heavy atom. The maximum absolute atomic E-state index is 11.6. The van der Waals surface area contributed by atoms with E-state index >= 15 is 0 Å². The third kappa shape index (κ3) is 3.57. The van der Waals surface area contributed by atoms with Gasteiger partial charge in [0.15, 0.2) is 0 Å². The van der Waals surface area contributed by atoms with E-state index in [2.05, 4.69) is 37.2 Å². The van der Waals surface area contributed by atoms with Gasteiger partial charge >= 0.3 is 0 Å². The summed E-state index contributed by atoms with van der Waals surface area (Å²) in [7, 11) is 4.15. The van der Waals surface area contributed by atoms with Crippen LogP contribution >= 0.6 is 11.8 Å². The SMILES string of the molecule is CN(C)CCSC1c2ccccc2COc2ccc(C(N)=O)cc21. The average Bonchev–Trinajstić information content (AvgIpc) is 2.71. The van der Waals surface area contributed by atoms with Crippen molar-refractivity contribution in [3.05, 3.63) is 64.7 Å². The lowest BCUT2D eigenvalue weighted by Gasteiger charge is -2.20. The fourth-order valence-corrected chi connectivity index (χ4v) is 4.29. The molecule has 24 heavy (non-hydrogen) atoms. The van der Waals surface area contributed by atoms with Gasteiger partial charge in [0, 0.05) is 23.4 Å². The van der Waals surface area contributed by atoms with Crippen molar-refractivity contribution < 1.29 is 9.53 Å². The monoisotopic (exact) mass is 342 g/mol. The van der Waals surface area contributed by atoms with Crippen molar-refractivity contribution in [2.45, 2.75) is 11.9 Å². The smallest absolute Gasteiger partial charge is 0.248 e. The maximum Gasteiger partial charge on any atom is 0.248 e. The van der Waals surface area contributed by atoms with E-state index in [1.807, 2.05) is 30.0 Å². The van der Waals surface area contributed by atoms with Crippen LogP contribution in [0.2, 0.25) is 0 Å². The van der Waals surface area contributed by atoms with Crippen molar-refractivity contribution in [1.82, 2.24) is 4.90 Å². The van der Waals surface area contributed by atoms with Crippen LogP contribution in [0.3, 0.4) is 0 Å². The summed E-state index contributed by atoms with van der Waals surface area (Å²) in [4.78, 5) is 13.8. The summed E-state index contributed by atoms with van der Waals surface area (Å²) < 4.78 is 5.99. The molecule has 1 atom stereocenters. The zero-order valence-corrected chi connectivity index (χ0v) is 14.8. The molecule has 0 aromatic heterocycles. The summed E-state index contributed by atoms with van der Waals surface area (Å²) in [5.41, 5.74) is 9.47. The van der Waals surface area contributed by atoms with Crippen molar-refractivity contribution in [3.8, 4) is 5.75 Å². The molecule has 2 aromatic rings. The second-order valence-electron chi connectivity index (χ2n) is 6.16. The molecule has 126 valence electrons. The van der Waals surface area contributed by atoms with Crippen LogP contribution in [-0.2, 0) is 6.61 Å².